The van der Waals surface area contributed by atoms with Crippen molar-refractivity contribution in [1.82, 2.24) is 4.98 Å². The summed E-state index contributed by atoms with van der Waals surface area (Å²) in [4.78, 5) is 27.5. The van der Waals surface area contributed by atoms with E-state index in [1.165, 1.54) is 13.2 Å². The first-order chi connectivity index (χ1) is 11.3. The first-order valence-electron chi connectivity index (χ1n) is 6.85. The van der Waals surface area contributed by atoms with Crippen molar-refractivity contribution in [3.05, 3.63) is 53.7 Å². The van der Waals surface area contributed by atoms with E-state index < -0.39 is 23.5 Å². The topological polar surface area (TPSA) is 56.3 Å². The van der Waals surface area contributed by atoms with Crippen LogP contribution in [-0.2, 0) is 4.74 Å². The van der Waals surface area contributed by atoms with Crippen molar-refractivity contribution < 1.29 is 27.5 Å². The minimum atomic E-state index is -4.96. The standard InChI is InChI=1S/C17H10F3NO3/c1-24-16(23)14-11-5-3-2-4-10(11)12-8-9(6-7-13(12)21-14)15(22)17(18,19)20/h2-8H,1H3. The van der Waals surface area contributed by atoms with Gasteiger partial charge in [0.05, 0.1) is 12.6 Å². The summed E-state index contributed by atoms with van der Waals surface area (Å²) in [7, 11) is 1.22. The number of carbonyl (C=O) groups is 2. The van der Waals surface area contributed by atoms with E-state index >= 15 is 0 Å². The van der Waals surface area contributed by atoms with Crippen molar-refractivity contribution in [1.29, 1.82) is 0 Å². The van der Waals surface area contributed by atoms with Crippen LogP contribution in [0.25, 0.3) is 21.7 Å². The Morgan fingerprint density at radius 3 is 2.29 bits per heavy atom. The number of Topliss-reactive ketones (excluding diaryl/α,β-unsaturated/α-hetero) is 1. The number of nitrogens with zero attached hydrogens (tertiary/aromatic N) is 1. The SMILES string of the molecule is COC(=O)c1nc2ccc(C(=O)C(F)(F)F)cc2c2ccccc12. The smallest absolute Gasteiger partial charge is 0.454 e. The fourth-order valence-corrected chi connectivity index (χ4v) is 2.51. The minimum absolute atomic E-state index is 0.0653. The number of methoxy groups -OCH3 is 1. The van der Waals surface area contributed by atoms with Crippen molar-refractivity contribution in [2.75, 3.05) is 7.11 Å². The summed E-state index contributed by atoms with van der Waals surface area (Å²) in [5.74, 6) is -2.57. The van der Waals surface area contributed by atoms with E-state index in [1.54, 1.807) is 24.3 Å². The van der Waals surface area contributed by atoms with Crippen LogP contribution >= 0.6 is 0 Å². The third kappa shape index (κ3) is 2.58. The fourth-order valence-electron chi connectivity index (χ4n) is 2.51. The molecule has 0 aliphatic rings. The van der Waals surface area contributed by atoms with E-state index in [9.17, 15) is 22.8 Å². The zero-order valence-electron chi connectivity index (χ0n) is 12.3. The Bertz CT molecular complexity index is 980. The number of halogens is 3. The van der Waals surface area contributed by atoms with Crippen LogP contribution in [0.1, 0.15) is 20.8 Å². The van der Waals surface area contributed by atoms with Crippen molar-refractivity contribution in [3.63, 3.8) is 0 Å². The Kier molecular flexibility index (Phi) is 3.71. The zero-order chi connectivity index (χ0) is 17.5. The highest BCUT2D eigenvalue weighted by Crippen LogP contribution is 2.29. The predicted octanol–water partition coefficient (Wildman–Crippen LogP) is 3.92. The normalized spacial score (nSPS) is 11.7. The molecule has 3 aromatic rings. The first-order valence-corrected chi connectivity index (χ1v) is 6.85. The van der Waals surface area contributed by atoms with Crippen LogP contribution in [0, 0.1) is 0 Å². The number of fused-ring (bicyclic) bond motifs is 3. The maximum atomic E-state index is 12.6. The average Bonchev–Trinajstić information content (AvgIpc) is 2.58. The molecule has 0 spiro atoms. The monoisotopic (exact) mass is 333 g/mol. The Morgan fingerprint density at radius 2 is 1.67 bits per heavy atom. The second-order valence-corrected chi connectivity index (χ2v) is 5.06. The van der Waals surface area contributed by atoms with Crippen LogP contribution in [0.5, 0.6) is 0 Å². The number of aromatic nitrogens is 1. The molecule has 1 aromatic heterocycles. The predicted molar refractivity (Wildman–Crippen MR) is 81.0 cm³/mol. The minimum Gasteiger partial charge on any atom is -0.464 e. The quantitative estimate of drug-likeness (QED) is 0.405. The number of hydrogen-bond acceptors (Lipinski definition) is 4. The Morgan fingerprint density at radius 1 is 1.00 bits per heavy atom. The lowest BCUT2D eigenvalue weighted by Gasteiger charge is -2.10. The van der Waals surface area contributed by atoms with Crippen LogP contribution in [-0.4, -0.2) is 30.0 Å². The third-order valence-electron chi connectivity index (χ3n) is 3.60. The molecular formula is C17H10F3NO3. The van der Waals surface area contributed by atoms with Gasteiger partial charge in [-0.2, -0.15) is 13.2 Å². The Balaban J connectivity index is 2.33. The van der Waals surface area contributed by atoms with Gasteiger partial charge >= 0.3 is 12.1 Å². The third-order valence-corrected chi connectivity index (χ3v) is 3.60. The summed E-state index contributed by atoms with van der Waals surface area (Å²) in [6, 6.07) is 10.1. The van der Waals surface area contributed by atoms with Gasteiger partial charge in [-0.25, -0.2) is 9.78 Å². The van der Waals surface area contributed by atoms with Crippen molar-refractivity contribution in [3.8, 4) is 0 Å². The maximum Gasteiger partial charge on any atom is 0.454 e. The molecule has 0 bridgehead atoms. The van der Waals surface area contributed by atoms with E-state index in [1.807, 2.05) is 0 Å². The highest BCUT2D eigenvalue weighted by molar-refractivity contribution is 6.15. The molecule has 4 nitrogen and oxygen atoms in total. The molecule has 0 saturated heterocycles. The molecule has 24 heavy (non-hydrogen) atoms. The fraction of sp³-hybridized carbons (Fsp3) is 0.118. The van der Waals surface area contributed by atoms with E-state index in [-0.39, 0.29) is 5.69 Å². The summed E-state index contributed by atoms with van der Waals surface area (Å²) in [5, 5.41) is 1.31. The lowest BCUT2D eigenvalue weighted by Crippen LogP contribution is -2.22. The molecule has 0 unspecified atom stereocenters. The molecule has 3 rings (SSSR count). The summed E-state index contributed by atoms with van der Waals surface area (Å²) < 4.78 is 42.6. The molecule has 1 heterocycles. The number of esters is 1. The molecule has 0 atom stereocenters. The van der Waals surface area contributed by atoms with Gasteiger partial charge in [0.2, 0.25) is 0 Å². The van der Waals surface area contributed by atoms with E-state index in [2.05, 4.69) is 4.98 Å². The number of ether oxygens (including phenoxy) is 1. The van der Waals surface area contributed by atoms with E-state index in [4.69, 9.17) is 4.74 Å². The summed E-state index contributed by atoms with van der Waals surface area (Å²) in [6.07, 6.45) is -4.96. The molecule has 0 amide bonds. The van der Waals surface area contributed by atoms with Gasteiger partial charge in [-0.3, -0.25) is 4.79 Å². The number of rotatable bonds is 2. The van der Waals surface area contributed by atoms with E-state index in [0.717, 1.165) is 12.1 Å². The van der Waals surface area contributed by atoms with Gasteiger partial charge in [-0.15, -0.1) is 0 Å². The van der Waals surface area contributed by atoms with Gasteiger partial charge in [-0.05, 0) is 23.6 Å². The van der Waals surface area contributed by atoms with Gasteiger partial charge in [0.1, 0.15) is 0 Å². The van der Waals surface area contributed by atoms with Gasteiger partial charge < -0.3 is 4.74 Å². The lowest BCUT2D eigenvalue weighted by atomic mass is 10.0. The lowest BCUT2D eigenvalue weighted by molar-refractivity contribution is -0.0885. The van der Waals surface area contributed by atoms with Crippen molar-refractivity contribution in [2.45, 2.75) is 6.18 Å². The van der Waals surface area contributed by atoms with Gasteiger partial charge in [0.15, 0.2) is 5.69 Å². The largest absolute Gasteiger partial charge is 0.464 e. The zero-order valence-corrected chi connectivity index (χ0v) is 12.3. The molecule has 0 N–H and O–H groups in total. The molecule has 2 aromatic carbocycles. The molecule has 0 saturated carbocycles. The van der Waals surface area contributed by atoms with Crippen molar-refractivity contribution >= 4 is 33.4 Å². The van der Waals surface area contributed by atoms with E-state index in [0.29, 0.717) is 21.7 Å². The van der Waals surface area contributed by atoms with Crippen LogP contribution < -0.4 is 0 Å². The number of alkyl halides is 3. The van der Waals surface area contributed by atoms with Crippen LogP contribution in [0.3, 0.4) is 0 Å². The molecule has 0 aliphatic heterocycles. The molecule has 7 heteroatoms. The highest BCUT2D eigenvalue weighted by Gasteiger charge is 2.39. The Labute approximate surface area is 133 Å². The Hall–Kier alpha value is -2.96. The number of benzene rings is 2. The number of ketones is 1. The van der Waals surface area contributed by atoms with Crippen LogP contribution in [0.15, 0.2) is 42.5 Å². The van der Waals surface area contributed by atoms with Crippen LogP contribution in [0.2, 0.25) is 0 Å². The maximum absolute atomic E-state index is 12.6. The van der Waals surface area contributed by atoms with Gasteiger partial charge in [0, 0.05) is 16.3 Å². The van der Waals surface area contributed by atoms with Crippen molar-refractivity contribution in [2.24, 2.45) is 0 Å². The summed E-state index contributed by atoms with van der Waals surface area (Å²) in [6.45, 7) is 0. The number of carbonyl (C=O) groups excluding carboxylic acids is 2. The summed E-state index contributed by atoms with van der Waals surface area (Å²) in [5.41, 5.74) is -0.115. The molecular weight excluding hydrogens is 323 g/mol. The second-order valence-electron chi connectivity index (χ2n) is 5.06. The van der Waals surface area contributed by atoms with Gasteiger partial charge in [0.25, 0.3) is 5.78 Å². The van der Waals surface area contributed by atoms with Gasteiger partial charge in [-0.1, -0.05) is 24.3 Å². The average molecular weight is 333 g/mol. The molecule has 0 aliphatic carbocycles. The summed E-state index contributed by atoms with van der Waals surface area (Å²) >= 11 is 0. The number of hydrogen-bond donors (Lipinski definition) is 0. The first kappa shape index (κ1) is 15.9. The second kappa shape index (κ2) is 5.59. The van der Waals surface area contributed by atoms with Crippen LogP contribution in [0.4, 0.5) is 13.2 Å². The highest BCUT2D eigenvalue weighted by atomic mass is 19.4. The molecule has 0 fully saturated rings. The number of pyridine rings is 1. The molecule has 0 radical (unpaired) electrons. The molecule has 122 valence electrons.